The topological polar surface area (TPSA) is 4.93 Å². The molecule has 1 nitrogen and oxygen atoms in total. The molecule has 0 aliphatic rings. The normalized spacial score (nSPS) is 11.0. The molecule has 0 radical (unpaired) electrons. The third-order valence-electron chi connectivity index (χ3n) is 4.57. The van der Waals surface area contributed by atoms with Crippen molar-refractivity contribution in [2.24, 2.45) is 0 Å². The Kier molecular flexibility index (Phi) is 4.33. The van der Waals surface area contributed by atoms with Gasteiger partial charge in [0.1, 0.15) is 5.82 Å². The highest BCUT2D eigenvalue weighted by atomic mass is 19.1. The molecule has 0 amide bonds. The van der Waals surface area contributed by atoms with Gasteiger partial charge in [-0.15, -0.1) is 0 Å². The van der Waals surface area contributed by atoms with Gasteiger partial charge in [-0.2, -0.15) is 0 Å². The van der Waals surface area contributed by atoms with Crippen LogP contribution in [0.2, 0.25) is 0 Å². The van der Waals surface area contributed by atoms with Crippen LogP contribution in [0.3, 0.4) is 0 Å². The van der Waals surface area contributed by atoms with Crippen LogP contribution in [0.4, 0.5) is 4.39 Å². The fourth-order valence-corrected chi connectivity index (χ4v) is 3.16. The van der Waals surface area contributed by atoms with Crippen LogP contribution < -0.4 is 0 Å². The highest BCUT2D eigenvalue weighted by Gasteiger charge is 2.13. The number of hydrogen-bond acceptors (Lipinski definition) is 0. The Morgan fingerprint density at radius 1 is 0.913 bits per heavy atom. The van der Waals surface area contributed by atoms with Gasteiger partial charge in [0.2, 0.25) is 0 Å². The molecule has 3 aromatic rings. The standard InChI is InChI=1S/C21H22FN/c1-4-23-16(3)19(13-18-8-6-5-7-15(18)2)14-21(23)17-9-11-20(22)12-10-17/h5-12,14H,4,13H2,1-3H3. The molecule has 0 aliphatic heterocycles. The molecular formula is C21H22FN. The maximum Gasteiger partial charge on any atom is 0.123 e. The maximum absolute atomic E-state index is 13.2. The highest BCUT2D eigenvalue weighted by Crippen LogP contribution is 2.28. The smallest absolute Gasteiger partial charge is 0.123 e. The summed E-state index contributed by atoms with van der Waals surface area (Å²) in [5.74, 6) is -0.194. The van der Waals surface area contributed by atoms with Crippen molar-refractivity contribution in [3.8, 4) is 11.3 Å². The van der Waals surface area contributed by atoms with Gasteiger partial charge in [-0.05, 0) is 79.8 Å². The molecule has 0 aliphatic carbocycles. The molecule has 0 fully saturated rings. The third kappa shape index (κ3) is 3.07. The van der Waals surface area contributed by atoms with E-state index in [0.717, 1.165) is 24.2 Å². The Morgan fingerprint density at radius 3 is 2.26 bits per heavy atom. The van der Waals surface area contributed by atoms with Crippen LogP contribution in [0.25, 0.3) is 11.3 Å². The van der Waals surface area contributed by atoms with E-state index in [-0.39, 0.29) is 5.82 Å². The van der Waals surface area contributed by atoms with E-state index in [1.807, 2.05) is 12.1 Å². The lowest BCUT2D eigenvalue weighted by atomic mass is 10.0. The third-order valence-corrected chi connectivity index (χ3v) is 4.57. The molecular weight excluding hydrogens is 285 g/mol. The van der Waals surface area contributed by atoms with Crippen LogP contribution in [0.15, 0.2) is 54.6 Å². The second-order valence-electron chi connectivity index (χ2n) is 5.99. The van der Waals surface area contributed by atoms with Gasteiger partial charge in [0.15, 0.2) is 0 Å². The molecule has 0 bridgehead atoms. The van der Waals surface area contributed by atoms with Gasteiger partial charge in [0.05, 0.1) is 0 Å². The number of aromatic nitrogens is 1. The molecule has 3 rings (SSSR count). The summed E-state index contributed by atoms with van der Waals surface area (Å²) in [5, 5.41) is 0. The molecule has 0 saturated carbocycles. The van der Waals surface area contributed by atoms with Gasteiger partial charge in [-0.25, -0.2) is 4.39 Å². The van der Waals surface area contributed by atoms with Crippen molar-refractivity contribution in [2.45, 2.75) is 33.7 Å². The van der Waals surface area contributed by atoms with Crippen molar-refractivity contribution >= 4 is 0 Å². The van der Waals surface area contributed by atoms with Gasteiger partial charge in [0.25, 0.3) is 0 Å². The highest BCUT2D eigenvalue weighted by molar-refractivity contribution is 5.63. The number of benzene rings is 2. The Bertz CT molecular complexity index is 812. The van der Waals surface area contributed by atoms with E-state index in [9.17, 15) is 4.39 Å². The van der Waals surface area contributed by atoms with Gasteiger partial charge < -0.3 is 4.57 Å². The van der Waals surface area contributed by atoms with Crippen LogP contribution in [0, 0.1) is 19.7 Å². The number of hydrogen-bond donors (Lipinski definition) is 0. The number of halogens is 1. The first-order chi connectivity index (χ1) is 11.1. The minimum atomic E-state index is -0.194. The summed E-state index contributed by atoms with van der Waals surface area (Å²) in [5.41, 5.74) is 7.52. The first kappa shape index (κ1) is 15.5. The van der Waals surface area contributed by atoms with E-state index in [0.29, 0.717) is 0 Å². The maximum atomic E-state index is 13.2. The SMILES string of the molecule is CCn1c(-c2ccc(F)cc2)cc(Cc2ccccc2C)c1C. The minimum Gasteiger partial charge on any atom is -0.345 e. The Hall–Kier alpha value is -2.35. The number of aryl methyl sites for hydroxylation is 1. The monoisotopic (exact) mass is 307 g/mol. The van der Waals surface area contributed by atoms with Crippen molar-refractivity contribution in [1.29, 1.82) is 0 Å². The van der Waals surface area contributed by atoms with Gasteiger partial charge in [-0.1, -0.05) is 24.3 Å². The van der Waals surface area contributed by atoms with Gasteiger partial charge in [0, 0.05) is 17.9 Å². The van der Waals surface area contributed by atoms with E-state index in [1.54, 1.807) is 0 Å². The van der Waals surface area contributed by atoms with Crippen molar-refractivity contribution in [1.82, 2.24) is 4.57 Å². The van der Waals surface area contributed by atoms with Crippen molar-refractivity contribution in [3.05, 3.63) is 82.8 Å². The molecule has 0 atom stereocenters. The molecule has 0 spiro atoms. The summed E-state index contributed by atoms with van der Waals surface area (Å²) in [6, 6.07) is 17.5. The van der Waals surface area contributed by atoms with Crippen LogP contribution in [0.5, 0.6) is 0 Å². The second-order valence-corrected chi connectivity index (χ2v) is 5.99. The van der Waals surface area contributed by atoms with Crippen molar-refractivity contribution < 1.29 is 4.39 Å². The summed E-state index contributed by atoms with van der Waals surface area (Å²) >= 11 is 0. The fourth-order valence-electron chi connectivity index (χ4n) is 3.16. The van der Waals surface area contributed by atoms with Gasteiger partial charge in [-0.3, -0.25) is 0 Å². The zero-order valence-corrected chi connectivity index (χ0v) is 13.9. The molecule has 0 saturated heterocycles. The van der Waals surface area contributed by atoms with Crippen LogP contribution in [0.1, 0.15) is 29.3 Å². The quantitative estimate of drug-likeness (QED) is 0.598. The molecule has 2 aromatic carbocycles. The average molecular weight is 307 g/mol. The van der Waals surface area contributed by atoms with E-state index in [2.05, 4.69) is 55.7 Å². The van der Waals surface area contributed by atoms with Crippen LogP contribution >= 0.6 is 0 Å². The largest absolute Gasteiger partial charge is 0.345 e. The zero-order chi connectivity index (χ0) is 16.4. The molecule has 0 unspecified atom stereocenters. The first-order valence-electron chi connectivity index (χ1n) is 8.09. The first-order valence-corrected chi connectivity index (χ1v) is 8.09. The van der Waals surface area contributed by atoms with E-state index < -0.39 is 0 Å². The predicted octanol–water partition coefficient (Wildman–Crippen LogP) is 5.52. The lowest BCUT2D eigenvalue weighted by Crippen LogP contribution is -2.00. The summed E-state index contributed by atoms with van der Waals surface area (Å²) in [7, 11) is 0. The van der Waals surface area contributed by atoms with E-state index >= 15 is 0 Å². The van der Waals surface area contributed by atoms with E-state index in [1.165, 1.54) is 34.5 Å². The lowest BCUT2D eigenvalue weighted by Gasteiger charge is -2.09. The fraction of sp³-hybridized carbons (Fsp3) is 0.238. The minimum absolute atomic E-state index is 0.194. The van der Waals surface area contributed by atoms with E-state index in [4.69, 9.17) is 0 Å². The van der Waals surface area contributed by atoms with Gasteiger partial charge >= 0.3 is 0 Å². The molecule has 2 heteroatoms. The lowest BCUT2D eigenvalue weighted by molar-refractivity contribution is 0.628. The average Bonchev–Trinajstić information content (AvgIpc) is 2.86. The zero-order valence-electron chi connectivity index (χ0n) is 13.9. The molecule has 1 aromatic heterocycles. The molecule has 0 N–H and O–H groups in total. The Balaban J connectivity index is 2.03. The van der Waals surface area contributed by atoms with Crippen LogP contribution in [-0.2, 0) is 13.0 Å². The van der Waals surface area contributed by atoms with Crippen LogP contribution in [-0.4, -0.2) is 4.57 Å². The summed E-state index contributed by atoms with van der Waals surface area (Å²) in [4.78, 5) is 0. The summed E-state index contributed by atoms with van der Waals surface area (Å²) in [6.07, 6.45) is 0.930. The van der Waals surface area contributed by atoms with Crippen molar-refractivity contribution in [2.75, 3.05) is 0 Å². The predicted molar refractivity (Wildman–Crippen MR) is 94.2 cm³/mol. The molecule has 1 heterocycles. The number of rotatable bonds is 4. The summed E-state index contributed by atoms with van der Waals surface area (Å²) < 4.78 is 15.5. The Labute approximate surface area is 137 Å². The molecule has 23 heavy (non-hydrogen) atoms. The second kappa shape index (κ2) is 6.41. The number of nitrogens with zero attached hydrogens (tertiary/aromatic N) is 1. The van der Waals surface area contributed by atoms with Crippen molar-refractivity contribution in [3.63, 3.8) is 0 Å². The Morgan fingerprint density at radius 2 is 1.61 bits per heavy atom. The molecule has 118 valence electrons. The summed E-state index contributed by atoms with van der Waals surface area (Å²) in [6.45, 7) is 7.39.